The monoisotopic (exact) mass is 936 g/mol. The third-order valence-corrected chi connectivity index (χ3v) is 12.3. The second-order valence-corrected chi connectivity index (χ2v) is 17.5. The van der Waals surface area contributed by atoms with Crippen LogP contribution in [0.1, 0.15) is 94.4 Å². The van der Waals surface area contributed by atoms with Gasteiger partial charge in [-0.3, -0.25) is 43.3 Å². The number of fused-ring (bicyclic) bond motifs is 1. The van der Waals surface area contributed by atoms with Crippen molar-refractivity contribution >= 4 is 63.7 Å². The van der Waals surface area contributed by atoms with Gasteiger partial charge in [0.25, 0.3) is 0 Å². The molecular weight excluding hydrogens is 871 g/mol. The molecule has 364 valence electrons. The van der Waals surface area contributed by atoms with E-state index in [9.17, 15) is 38.4 Å². The molecule has 2 aromatic heterocycles. The molecule has 1 saturated heterocycles. The summed E-state index contributed by atoms with van der Waals surface area (Å²) in [6.45, 7) is 2.02. The molecule has 68 heavy (non-hydrogen) atoms. The van der Waals surface area contributed by atoms with Crippen LogP contribution in [-0.4, -0.2) is 99.0 Å². The van der Waals surface area contributed by atoms with E-state index >= 15 is 0 Å². The molecular formula is C49H65N11O8. The summed E-state index contributed by atoms with van der Waals surface area (Å²) >= 11 is 0. The molecule has 1 fully saturated rings. The van der Waals surface area contributed by atoms with Crippen molar-refractivity contribution < 1.29 is 38.4 Å². The van der Waals surface area contributed by atoms with Gasteiger partial charge in [-0.05, 0) is 62.1 Å². The Morgan fingerprint density at radius 1 is 0.853 bits per heavy atom. The number of H-pyrrole nitrogens is 2. The van der Waals surface area contributed by atoms with Crippen molar-refractivity contribution in [2.45, 2.75) is 115 Å². The van der Waals surface area contributed by atoms with Crippen LogP contribution in [0.5, 0.6) is 0 Å². The number of ketones is 3. The summed E-state index contributed by atoms with van der Waals surface area (Å²) in [6, 6.07) is 12.8. The van der Waals surface area contributed by atoms with Gasteiger partial charge in [0.1, 0.15) is 23.7 Å². The molecule has 19 heteroatoms. The minimum Gasteiger partial charge on any atom is -0.370 e. The van der Waals surface area contributed by atoms with Crippen molar-refractivity contribution in [2.24, 2.45) is 39.9 Å². The Balaban J connectivity index is 1.49. The number of Topliss-reactive ketones (excluding diaryl/α,β-unsaturated/α-hetero) is 3. The van der Waals surface area contributed by atoms with Crippen LogP contribution in [0.3, 0.4) is 0 Å². The number of amides is 5. The number of carbonyl (C=O) groups excluding carboxylic acids is 8. The second-order valence-electron chi connectivity index (χ2n) is 17.5. The molecule has 0 spiro atoms. The number of nitrogens with zero attached hydrogens (tertiary/aromatic N) is 2. The van der Waals surface area contributed by atoms with E-state index in [0.717, 1.165) is 22.9 Å². The maximum Gasteiger partial charge on any atom is 0.243 e. The number of unbranched alkanes of at least 4 members (excludes halogenated alkanes) is 1. The molecule has 5 amide bonds. The van der Waals surface area contributed by atoms with Crippen LogP contribution in [0.2, 0.25) is 0 Å². The number of primary amides is 1. The topological polar surface area (TPSA) is 320 Å². The summed E-state index contributed by atoms with van der Waals surface area (Å²) < 4.78 is 0. The first-order chi connectivity index (χ1) is 32.7. The molecule has 12 N–H and O–H groups in total. The lowest BCUT2D eigenvalue weighted by atomic mass is 9.81. The molecule has 1 aliphatic heterocycles. The number of nitrogens with two attached hydrogens (primary N) is 3. The van der Waals surface area contributed by atoms with E-state index < -0.39 is 82.8 Å². The maximum absolute atomic E-state index is 14.6. The number of hydrogen-bond acceptors (Lipinski definition) is 10. The molecule has 1 aliphatic rings. The molecule has 0 aliphatic carbocycles. The average molecular weight is 936 g/mol. The maximum atomic E-state index is 14.6. The van der Waals surface area contributed by atoms with E-state index in [0.29, 0.717) is 24.1 Å². The van der Waals surface area contributed by atoms with Crippen molar-refractivity contribution in [2.75, 3.05) is 13.1 Å². The van der Waals surface area contributed by atoms with E-state index in [1.807, 2.05) is 37.3 Å². The number of para-hydroxylation sites is 1. The van der Waals surface area contributed by atoms with Crippen LogP contribution in [-0.2, 0) is 57.6 Å². The van der Waals surface area contributed by atoms with E-state index in [1.165, 1.54) is 12.5 Å². The van der Waals surface area contributed by atoms with Crippen molar-refractivity contribution in [1.29, 1.82) is 0 Å². The highest BCUT2D eigenvalue weighted by Gasteiger charge is 2.35. The third kappa shape index (κ3) is 16.3. The SMILES string of the molecule is CCCCC(=O)N[C@H]1CCC(=O)NCC[C@@H](C(=O)C[C@@H](Cc2c[nH]c3ccccc23)C(N)=O)CC(=O)[C@H](CCCN=C(N)N)CC(=O)[C@@H](Cc2ccccc2)NC(=O)[C@H](Cc2cnc[nH]2)NC1=O. The molecule has 0 bridgehead atoms. The van der Waals surface area contributed by atoms with Gasteiger partial charge in [-0.1, -0.05) is 61.9 Å². The summed E-state index contributed by atoms with van der Waals surface area (Å²) in [5.74, 6) is -7.35. The highest BCUT2D eigenvalue weighted by atomic mass is 16.2. The lowest BCUT2D eigenvalue weighted by molar-refractivity contribution is -0.135. The molecule has 6 atom stereocenters. The first-order valence-electron chi connectivity index (χ1n) is 23.4. The zero-order valence-corrected chi connectivity index (χ0v) is 38.6. The number of nitrogens with one attached hydrogen (secondary N) is 6. The van der Waals surface area contributed by atoms with Crippen LogP contribution in [0.15, 0.2) is 78.3 Å². The Morgan fingerprint density at radius 2 is 1.60 bits per heavy atom. The molecule has 5 rings (SSSR count). The zero-order chi connectivity index (χ0) is 49.0. The van der Waals surface area contributed by atoms with E-state index in [1.54, 1.807) is 30.5 Å². The lowest BCUT2D eigenvalue weighted by Crippen LogP contribution is -2.57. The fourth-order valence-electron chi connectivity index (χ4n) is 8.43. The van der Waals surface area contributed by atoms with Gasteiger partial charge >= 0.3 is 0 Å². The van der Waals surface area contributed by atoms with E-state index in [4.69, 9.17) is 17.2 Å². The number of rotatable bonds is 18. The largest absolute Gasteiger partial charge is 0.370 e. The Bertz CT molecular complexity index is 2380. The van der Waals surface area contributed by atoms with E-state index in [-0.39, 0.29) is 89.7 Å². The number of carbonyl (C=O) groups is 8. The molecule has 4 aromatic rings. The molecule has 2 aromatic carbocycles. The summed E-state index contributed by atoms with van der Waals surface area (Å²) in [5.41, 5.74) is 19.9. The van der Waals surface area contributed by atoms with Gasteiger partial charge in [0, 0.05) is 98.4 Å². The van der Waals surface area contributed by atoms with Crippen LogP contribution in [0.25, 0.3) is 10.9 Å². The summed E-state index contributed by atoms with van der Waals surface area (Å²) in [6.07, 6.45) is 5.39. The minimum absolute atomic E-state index is 0.00316. The molecule has 0 unspecified atom stereocenters. The number of benzene rings is 2. The molecule has 3 heterocycles. The second kappa shape index (κ2) is 26.2. The summed E-state index contributed by atoms with van der Waals surface area (Å²) in [5, 5.41) is 12.0. The molecule has 19 nitrogen and oxygen atoms in total. The van der Waals surface area contributed by atoms with Crippen LogP contribution in [0.4, 0.5) is 0 Å². The van der Waals surface area contributed by atoms with Crippen molar-refractivity contribution in [3.05, 3.63) is 90.1 Å². The van der Waals surface area contributed by atoms with Gasteiger partial charge < -0.3 is 48.4 Å². The Labute approximate surface area is 395 Å². The fourth-order valence-corrected chi connectivity index (χ4v) is 8.43. The predicted molar refractivity (Wildman–Crippen MR) is 255 cm³/mol. The number of aliphatic imine (C=N–C) groups is 1. The highest BCUT2D eigenvalue weighted by molar-refractivity contribution is 5.98. The van der Waals surface area contributed by atoms with Gasteiger partial charge in [-0.25, -0.2) is 4.98 Å². The Kier molecular flexibility index (Phi) is 20.0. The summed E-state index contributed by atoms with van der Waals surface area (Å²) in [4.78, 5) is 126. The molecule has 0 saturated carbocycles. The Hall–Kier alpha value is -7.18. The quantitative estimate of drug-likeness (QED) is 0.0395. The number of hydrogen-bond donors (Lipinski definition) is 9. The lowest BCUT2D eigenvalue weighted by Gasteiger charge is -2.26. The number of imidazole rings is 1. The minimum atomic E-state index is -1.27. The van der Waals surface area contributed by atoms with Gasteiger partial charge in [0.2, 0.25) is 29.5 Å². The van der Waals surface area contributed by atoms with Crippen molar-refractivity contribution in [1.82, 2.24) is 36.2 Å². The number of aromatic amines is 2. The first kappa shape index (κ1) is 51.8. The predicted octanol–water partition coefficient (Wildman–Crippen LogP) is 2.13. The van der Waals surface area contributed by atoms with Gasteiger partial charge in [-0.2, -0.15) is 0 Å². The first-order valence-corrected chi connectivity index (χ1v) is 23.4. The summed E-state index contributed by atoms with van der Waals surface area (Å²) in [7, 11) is 0. The van der Waals surface area contributed by atoms with Crippen LogP contribution >= 0.6 is 0 Å². The number of aromatic nitrogens is 3. The standard InChI is InChI=1S/C49H65N11O8/c1-2-3-15-45(65)58-38-16-17-44(64)54-20-18-32(42(62)25-33(46(50)66)22-34-27-56-37-14-8-7-13-36(34)37)23-41(61)31(12-9-19-55-49(51)52)24-43(63)39(21-30-10-5-4-6-11-30)59-48(68)40(60-47(38)67)26-35-28-53-29-57-35/h4-8,10-11,13-14,27-29,31-33,38-40,56H,2-3,9,12,15-26H2,1H3,(H2,50,66)(H,53,57)(H,54,64)(H,58,65)(H,59,68)(H,60,67)(H4,51,52,55)/t31-,32-,33-,38+,39-,40+/m1/s1. The van der Waals surface area contributed by atoms with Crippen LogP contribution in [0, 0.1) is 17.8 Å². The van der Waals surface area contributed by atoms with Gasteiger partial charge in [0.15, 0.2) is 11.7 Å². The van der Waals surface area contributed by atoms with E-state index in [2.05, 4.69) is 41.2 Å². The van der Waals surface area contributed by atoms with Gasteiger partial charge in [0.05, 0.1) is 12.4 Å². The molecule has 0 radical (unpaired) electrons. The Morgan fingerprint density at radius 3 is 2.32 bits per heavy atom. The fraction of sp³-hybridized carbons (Fsp3) is 0.469. The smallest absolute Gasteiger partial charge is 0.243 e. The van der Waals surface area contributed by atoms with Crippen LogP contribution < -0.4 is 38.5 Å². The zero-order valence-electron chi connectivity index (χ0n) is 38.6. The van der Waals surface area contributed by atoms with Crippen molar-refractivity contribution in [3.63, 3.8) is 0 Å². The average Bonchev–Trinajstić information content (AvgIpc) is 3.99. The number of guanidine groups is 1. The van der Waals surface area contributed by atoms with Gasteiger partial charge in [-0.15, -0.1) is 0 Å². The highest BCUT2D eigenvalue weighted by Crippen LogP contribution is 2.27. The normalized spacial score (nSPS) is 20.7. The van der Waals surface area contributed by atoms with Crippen molar-refractivity contribution in [3.8, 4) is 0 Å². The third-order valence-electron chi connectivity index (χ3n) is 12.3.